The molecule has 6 nitrogen and oxygen atoms in total. The molecule has 7 heteroatoms. The highest BCUT2D eigenvalue weighted by Crippen LogP contribution is 2.19. The Labute approximate surface area is 150 Å². The van der Waals surface area contributed by atoms with Crippen LogP contribution >= 0.6 is 0 Å². The van der Waals surface area contributed by atoms with Crippen LogP contribution in [0.25, 0.3) is 0 Å². The fourth-order valence-corrected chi connectivity index (χ4v) is 4.15. The monoisotopic (exact) mass is 368 g/mol. The van der Waals surface area contributed by atoms with Gasteiger partial charge in [0.05, 0.1) is 4.90 Å². The van der Waals surface area contributed by atoms with Gasteiger partial charge in [0.1, 0.15) is 5.75 Å². The highest BCUT2D eigenvalue weighted by atomic mass is 32.2. The van der Waals surface area contributed by atoms with Gasteiger partial charge in [-0.3, -0.25) is 4.79 Å². The fraction of sp³-hybridized carbons (Fsp3) is 0.611. The Kier molecular flexibility index (Phi) is 6.84. The molecule has 0 unspecified atom stereocenters. The molecule has 1 aromatic rings. The molecule has 140 valence electrons. The predicted octanol–water partition coefficient (Wildman–Crippen LogP) is 2.59. The van der Waals surface area contributed by atoms with Crippen LogP contribution in [0.2, 0.25) is 0 Å². The maximum atomic E-state index is 12.2. The first-order valence-electron chi connectivity index (χ1n) is 8.87. The van der Waals surface area contributed by atoms with Crippen molar-refractivity contribution >= 4 is 15.9 Å². The molecule has 0 radical (unpaired) electrons. The van der Waals surface area contributed by atoms with Crippen LogP contribution in [0.3, 0.4) is 0 Å². The van der Waals surface area contributed by atoms with Crippen molar-refractivity contribution in [2.75, 3.05) is 0 Å². The average Bonchev–Trinajstić information content (AvgIpc) is 2.55. The van der Waals surface area contributed by atoms with Gasteiger partial charge in [-0.05, 0) is 57.9 Å². The van der Waals surface area contributed by atoms with Crippen LogP contribution in [0.1, 0.15) is 52.9 Å². The summed E-state index contributed by atoms with van der Waals surface area (Å²) in [6.07, 6.45) is 4.96. The predicted molar refractivity (Wildman–Crippen MR) is 97.0 cm³/mol. The second-order valence-electron chi connectivity index (χ2n) is 6.85. The summed E-state index contributed by atoms with van der Waals surface area (Å²) in [4.78, 5) is 12.4. The molecule has 0 saturated heterocycles. The molecule has 2 N–H and O–H groups in total. The number of hydrogen-bond acceptors (Lipinski definition) is 4. The number of ether oxygens (including phenoxy) is 1. The van der Waals surface area contributed by atoms with Gasteiger partial charge in [0.25, 0.3) is 5.91 Å². The summed E-state index contributed by atoms with van der Waals surface area (Å²) >= 11 is 0. The summed E-state index contributed by atoms with van der Waals surface area (Å²) in [6.45, 7) is 5.23. The van der Waals surface area contributed by atoms with Crippen LogP contribution in [-0.4, -0.2) is 32.5 Å². The summed E-state index contributed by atoms with van der Waals surface area (Å²) in [7, 11) is -3.53. The number of carbonyl (C=O) groups is 1. The second-order valence-corrected chi connectivity index (χ2v) is 8.56. The Morgan fingerprint density at radius 3 is 2.24 bits per heavy atom. The van der Waals surface area contributed by atoms with E-state index in [2.05, 4.69) is 10.0 Å². The van der Waals surface area contributed by atoms with Crippen molar-refractivity contribution in [2.24, 2.45) is 0 Å². The van der Waals surface area contributed by atoms with E-state index in [1.54, 1.807) is 32.9 Å². The van der Waals surface area contributed by atoms with E-state index in [0.717, 1.165) is 25.7 Å². The zero-order chi connectivity index (χ0) is 18.4. The quantitative estimate of drug-likeness (QED) is 0.775. The molecule has 0 heterocycles. The zero-order valence-corrected chi connectivity index (χ0v) is 15.9. The number of sulfonamides is 1. The lowest BCUT2D eigenvalue weighted by molar-refractivity contribution is -0.128. The summed E-state index contributed by atoms with van der Waals surface area (Å²) in [5, 5.41) is 3.03. The smallest absolute Gasteiger partial charge is 0.260 e. The van der Waals surface area contributed by atoms with Gasteiger partial charge in [-0.2, -0.15) is 0 Å². The van der Waals surface area contributed by atoms with Crippen LogP contribution < -0.4 is 14.8 Å². The minimum Gasteiger partial charge on any atom is -0.481 e. The van der Waals surface area contributed by atoms with Crippen molar-refractivity contribution in [3.8, 4) is 5.75 Å². The van der Waals surface area contributed by atoms with Crippen molar-refractivity contribution in [3.63, 3.8) is 0 Å². The van der Waals surface area contributed by atoms with Crippen LogP contribution in [0, 0.1) is 0 Å². The van der Waals surface area contributed by atoms with Crippen LogP contribution in [0.15, 0.2) is 29.2 Å². The number of carbonyl (C=O) groups excluding carboxylic acids is 1. The third-order valence-electron chi connectivity index (χ3n) is 4.16. The molecule has 1 aliphatic carbocycles. The number of hydrogen-bond donors (Lipinski definition) is 2. The molecule has 1 aromatic carbocycles. The molecule has 0 bridgehead atoms. The van der Waals surface area contributed by atoms with E-state index in [0.29, 0.717) is 5.75 Å². The SMILES string of the molecule is CC(C)NS(=O)(=O)c1ccc(O[C@@H](C)C(=O)NC2CCCCC2)cc1. The second kappa shape index (κ2) is 8.67. The van der Waals surface area contributed by atoms with E-state index < -0.39 is 16.1 Å². The molecule has 1 atom stereocenters. The topological polar surface area (TPSA) is 84.5 Å². The summed E-state index contributed by atoms with van der Waals surface area (Å²) in [6, 6.07) is 6.15. The Morgan fingerprint density at radius 2 is 1.68 bits per heavy atom. The average molecular weight is 368 g/mol. The lowest BCUT2D eigenvalue weighted by Crippen LogP contribution is -2.43. The molecule has 2 rings (SSSR count). The van der Waals surface area contributed by atoms with E-state index in [1.165, 1.54) is 18.6 Å². The van der Waals surface area contributed by atoms with E-state index in [9.17, 15) is 13.2 Å². The third kappa shape index (κ3) is 6.01. The Bertz CT molecular complexity index is 665. The Balaban J connectivity index is 1.92. The molecule has 1 aliphatic rings. The molecule has 0 spiro atoms. The van der Waals surface area contributed by atoms with E-state index in [1.807, 2.05) is 0 Å². The highest BCUT2D eigenvalue weighted by Gasteiger charge is 2.21. The normalized spacial score (nSPS) is 17.3. The number of rotatable bonds is 7. The maximum absolute atomic E-state index is 12.2. The van der Waals surface area contributed by atoms with Crippen LogP contribution in [-0.2, 0) is 14.8 Å². The summed E-state index contributed by atoms with van der Waals surface area (Å²) in [5.41, 5.74) is 0. The standard InChI is InChI=1S/C18H28N2O4S/c1-13(2)20-25(22,23)17-11-9-16(10-12-17)24-14(3)18(21)19-15-7-5-4-6-8-15/h9-15,20H,4-8H2,1-3H3,(H,19,21)/t14-/m0/s1. The van der Waals surface area contributed by atoms with Gasteiger partial charge in [-0.1, -0.05) is 19.3 Å². The minimum atomic E-state index is -3.53. The molecule has 25 heavy (non-hydrogen) atoms. The minimum absolute atomic E-state index is 0.134. The van der Waals surface area contributed by atoms with Gasteiger partial charge in [0.2, 0.25) is 10.0 Å². The zero-order valence-electron chi connectivity index (χ0n) is 15.1. The fourth-order valence-electron chi connectivity index (χ4n) is 2.90. The van der Waals surface area contributed by atoms with Gasteiger partial charge in [0.15, 0.2) is 6.10 Å². The molecule has 0 aliphatic heterocycles. The Hall–Kier alpha value is -1.60. The van der Waals surface area contributed by atoms with Gasteiger partial charge in [0, 0.05) is 12.1 Å². The Morgan fingerprint density at radius 1 is 1.08 bits per heavy atom. The largest absolute Gasteiger partial charge is 0.481 e. The first kappa shape index (κ1) is 19.7. The maximum Gasteiger partial charge on any atom is 0.260 e. The van der Waals surface area contributed by atoms with Crippen molar-refractivity contribution in [1.29, 1.82) is 0 Å². The van der Waals surface area contributed by atoms with Gasteiger partial charge >= 0.3 is 0 Å². The number of benzene rings is 1. The van der Waals surface area contributed by atoms with Crippen molar-refractivity contribution in [1.82, 2.24) is 10.0 Å². The molecule has 1 fully saturated rings. The lowest BCUT2D eigenvalue weighted by Gasteiger charge is -2.24. The molecule has 0 aromatic heterocycles. The van der Waals surface area contributed by atoms with Gasteiger partial charge in [-0.15, -0.1) is 0 Å². The third-order valence-corrected chi connectivity index (χ3v) is 5.83. The number of nitrogens with one attached hydrogen (secondary N) is 2. The van der Waals surface area contributed by atoms with Crippen molar-refractivity contribution in [2.45, 2.75) is 76.0 Å². The molecule has 1 saturated carbocycles. The van der Waals surface area contributed by atoms with Crippen molar-refractivity contribution < 1.29 is 17.9 Å². The number of amides is 1. The van der Waals surface area contributed by atoms with E-state index >= 15 is 0 Å². The first-order valence-corrected chi connectivity index (χ1v) is 10.4. The van der Waals surface area contributed by atoms with Crippen LogP contribution in [0.4, 0.5) is 0 Å². The summed E-state index contributed by atoms with van der Waals surface area (Å²) in [5.74, 6) is 0.333. The van der Waals surface area contributed by atoms with E-state index in [-0.39, 0.29) is 22.9 Å². The van der Waals surface area contributed by atoms with Crippen LogP contribution in [0.5, 0.6) is 5.75 Å². The van der Waals surface area contributed by atoms with E-state index in [4.69, 9.17) is 4.74 Å². The lowest BCUT2D eigenvalue weighted by atomic mass is 9.95. The molecular weight excluding hydrogens is 340 g/mol. The van der Waals surface area contributed by atoms with Crippen molar-refractivity contribution in [3.05, 3.63) is 24.3 Å². The highest BCUT2D eigenvalue weighted by molar-refractivity contribution is 7.89. The van der Waals surface area contributed by atoms with Gasteiger partial charge < -0.3 is 10.1 Å². The summed E-state index contributed by atoms with van der Waals surface area (Å²) < 4.78 is 32.3. The first-order chi connectivity index (χ1) is 11.8. The molecular formula is C18H28N2O4S. The van der Waals surface area contributed by atoms with Gasteiger partial charge in [-0.25, -0.2) is 13.1 Å². The molecule has 1 amide bonds.